The fourth-order valence-corrected chi connectivity index (χ4v) is 3.87. The second-order valence-corrected chi connectivity index (χ2v) is 7.85. The third-order valence-electron chi connectivity index (χ3n) is 5.64. The maximum absolute atomic E-state index is 14.3. The highest BCUT2D eigenvalue weighted by atomic mass is 19.1. The largest absolute Gasteiger partial charge is 0.496 e. The average Bonchev–Trinajstić information content (AvgIpc) is 3.10. The Kier molecular flexibility index (Phi) is 6.16. The van der Waals surface area contributed by atoms with E-state index in [-0.39, 0.29) is 22.2 Å². The Balaban J connectivity index is 1.66. The molecule has 0 fully saturated rings. The lowest BCUT2D eigenvalue weighted by Crippen LogP contribution is -2.18. The first-order valence-electron chi connectivity index (χ1n) is 10.5. The Bertz CT molecular complexity index is 1540. The molecule has 10 heteroatoms. The number of primary amides is 1. The molecule has 0 radical (unpaired) electrons. The van der Waals surface area contributed by atoms with Crippen LogP contribution in [-0.4, -0.2) is 33.7 Å². The van der Waals surface area contributed by atoms with Crippen molar-refractivity contribution in [2.75, 3.05) is 12.4 Å². The minimum Gasteiger partial charge on any atom is -0.496 e. The minimum atomic E-state index is -0.868. The highest BCUT2D eigenvalue weighted by molar-refractivity contribution is 6.10. The van der Waals surface area contributed by atoms with E-state index in [4.69, 9.17) is 15.7 Å². The van der Waals surface area contributed by atoms with Gasteiger partial charge >= 0.3 is 0 Å². The number of rotatable bonds is 6. The second kappa shape index (κ2) is 9.23. The Morgan fingerprint density at radius 1 is 1.23 bits per heavy atom. The van der Waals surface area contributed by atoms with Gasteiger partial charge in [-0.05, 0) is 44.2 Å². The molecule has 4 aromatic rings. The number of anilines is 1. The van der Waals surface area contributed by atoms with Crippen molar-refractivity contribution >= 4 is 28.4 Å². The number of benzene rings is 2. The Morgan fingerprint density at radius 2 is 2.00 bits per heavy atom. The molecule has 3 N–H and O–H groups in total. The first-order chi connectivity index (χ1) is 16.7. The lowest BCUT2D eigenvalue weighted by Gasteiger charge is -2.11. The van der Waals surface area contributed by atoms with E-state index in [0.29, 0.717) is 34.9 Å². The summed E-state index contributed by atoms with van der Waals surface area (Å²) in [5, 5.41) is 16.4. The predicted octanol–water partition coefficient (Wildman–Crippen LogP) is 3.47. The third kappa shape index (κ3) is 4.39. The van der Waals surface area contributed by atoms with Gasteiger partial charge in [0, 0.05) is 10.9 Å². The molecule has 2 heterocycles. The number of aromatic nitrogens is 3. The minimum absolute atomic E-state index is 0.0342. The van der Waals surface area contributed by atoms with Crippen molar-refractivity contribution in [1.82, 2.24) is 14.8 Å². The summed E-state index contributed by atoms with van der Waals surface area (Å²) in [4.78, 5) is 29.2. The van der Waals surface area contributed by atoms with Gasteiger partial charge in [0.05, 0.1) is 53.4 Å². The maximum Gasteiger partial charge on any atom is 0.274 e. The number of carbonyl (C=O) groups excluding carboxylic acids is 2. The summed E-state index contributed by atoms with van der Waals surface area (Å²) in [6.45, 7) is 3.88. The number of nitrogens with two attached hydrogens (primary N) is 1. The van der Waals surface area contributed by atoms with Crippen LogP contribution in [0.15, 0.2) is 42.5 Å². The lowest BCUT2D eigenvalue weighted by molar-refractivity contribution is 0.100. The normalized spacial score (nSPS) is 10.7. The maximum atomic E-state index is 14.3. The zero-order valence-electron chi connectivity index (χ0n) is 19.2. The van der Waals surface area contributed by atoms with Crippen LogP contribution in [0.5, 0.6) is 5.75 Å². The van der Waals surface area contributed by atoms with E-state index >= 15 is 0 Å². The first kappa shape index (κ1) is 23.4. The molecule has 2 aromatic heterocycles. The number of pyridine rings is 1. The number of hydrogen-bond acceptors (Lipinski definition) is 6. The van der Waals surface area contributed by atoms with Crippen LogP contribution in [0.25, 0.3) is 10.9 Å². The summed E-state index contributed by atoms with van der Waals surface area (Å²) >= 11 is 0. The van der Waals surface area contributed by atoms with Gasteiger partial charge in [-0.25, -0.2) is 9.37 Å². The topological polar surface area (TPSA) is 136 Å². The monoisotopic (exact) mass is 472 g/mol. The van der Waals surface area contributed by atoms with Crippen molar-refractivity contribution in [2.45, 2.75) is 20.4 Å². The zero-order chi connectivity index (χ0) is 25.3. The lowest BCUT2D eigenvalue weighted by atomic mass is 10.1. The third-order valence-corrected chi connectivity index (χ3v) is 5.64. The van der Waals surface area contributed by atoms with Crippen LogP contribution in [0.4, 0.5) is 10.1 Å². The molecule has 9 nitrogen and oxygen atoms in total. The van der Waals surface area contributed by atoms with Crippen molar-refractivity contribution in [3.8, 4) is 11.8 Å². The van der Waals surface area contributed by atoms with E-state index in [1.165, 1.54) is 31.4 Å². The summed E-state index contributed by atoms with van der Waals surface area (Å²) in [5.41, 5.74) is 8.35. The molecule has 0 saturated heterocycles. The van der Waals surface area contributed by atoms with Gasteiger partial charge in [0.2, 0.25) is 5.91 Å². The van der Waals surface area contributed by atoms with Crippen molar-refractivity contribution in [1.29, 1.82) is 5.26 Å². The van der Waals surface area contributed by atoms with Gasteiger partial charge in [-0.2, -0.15) is 10.4 Å². The van der Waals surface area contributed by atoms with Crippen molar-refractivity contribution in [3.05, 3.63) is 82.1 Å². The van der Waals surface area contributed by atoms with Crippen LogP contribution in [0, 0.1) is 31.0 Å². The quantitative estimate of drug-likeness (QED) is 0.441. The fourth-order valence-electron chi connectivity index (χ4n) is 3.87. The number of aryl methyl sites for hydroxylation is 1. The van der Waals surface area contributed by atoms with Gasteiger partial charge in [-0.3, -0.25) is 14.3 Å². The molecule has 2 aromatic carbocycles. The van der Waals surface area contributed by atoms with E-state index in [1.54, 1.807) is 36.7 Å². The van der Waals surface area contributed by atoms with Gasteiger partial charge in [-0.15, -0.1) is 0 Å². The Hall–Kier alpha value is -4.78. The van der Waals surface area contributed by atoms with Gasteiger partial charge in [-0.1, -0.05) is 12.1 Å². The fraction of sp³-hybridized carbons (Fsp3) is 0.160. The summed E-state index contributed by atoms with van der Waals surface area (Å²) in [5.74, 6) is -1.57. The second-order valence-electron chi connectivity index (χ2n) is 7.85. The van der Waals surface area contributed by atoms with Crippen molar-refractivity contribution < 1.29 is 18.7 Å². The molecule has 4 rings (SSSR count). The van der Waals surface area contributed by atoms with E-state index in [1.807, 2.05) is 0 Å². The van der Waals surface area contributed by atoms with Crippen LogP contribution in [-0.2, 0) is 6.54 Å². The highest BCUT2D eigenvalue weighted by Gasteiger charge is 2.21. The number of nitrogens with one attached hydrogen (secondary N) is 1. The van der Waals surface area contributed by atoms with E-state index < -0.39 is 17.6 Å². The SMILES string of the molecule is COc1cc(C#N)ccc1Cn1nc(C)c(NC(=O)c2cc(C(N)=O)c3c(F)cccc3n2)c1C. The Morgan fingerprint density at radius 3 is 2.69 bits per heavy atom. The molecule has 2 amide bonds. The standard InChI is InChI=1S/C25H21FN6O3/c1-13-23(14(2)32(31-13)12-16-8-7-15(11-27)9-21(16)35-3)30-25(34)20-10-17(24(28)33)22-18(26)5-4-6-19(22)29-20/h4-10H,12H2,1-3H3,(H2,28,33)(H,30,34). The number of ether oxygens (including phenoxy) is 1. The van der Waals surface area contributed by atoms with Crippen molar-refractivity contribution in [2.24, 2.45) is 5.73 Å². The molecule has 35 heavy (non-hydrogen) atoms. The van der Waals surface area contributed by atoms with E-state index in [2.05, 4.69) is 21.5 Å². The highest BCUT2D eigenvalue weighted by Crippen LogP contribution is 2.26. The molecule has 0 bridgehead atoms. The number of halogens is 1. The summed E-state index contributed by atoms with van der Waals surface area (Å²) in [7, 11) is 1.52. The Labute approximate surface area is 199 Å². The van der Waals surface area contributed by atoms with Gasteiger partial charge in [0.15, 0.2) is 0 Å². The van der Waals surface area contributed by atoms with Crippen LogP contribution in [0.3, 0.4) is 0 Å². The number of hydrogen-bond donors (Lipinski definition) is 2. The molecule has 0 saturated carbocycles. The molecule has 0 aliphatic carbocycles. The summed E-state index contributed by atoms with van der Waals surface area (Å²) < 4.78 is 21.4. The molecule has 0 unspecified atom stereocenters. The van der Waals surface area contributed by atoms with Crippen molar-refractivity contribution in [3.63, 3.8) is 0 Å². The van der Waals surface area contributed by atoms with Gasteiger partial charge < -0.3 is 15.8 Å². The average molecular weight is 472 g/mol. The molecular formula is C25H21FN6O3. The number of fused-ring (bicyclic) bond motifs is 1. The number of nitrogens with zero attached hydrogens (tertiary/aromatic N) is 4. The summed E-state index contributed by atoms with van der Waals surface area (Å²) in [6.07, 6.45) is 0. The molecular weight excluding hydrogens is 451 g/mol. The van der Waals surface area contributed by atoms with Crippen LogP contribution in [0.1, 0.15) is 43.4 Å². The first-order valence-corrected chi connectivity index (χ1v) is 10.5. The predicted molar refractivity (Wildman–Crippen MR) is 127 cm³/mol. The number of nitriles is 1. The smallest absolute Gasteiger partial charge is 0.274 e. The van der Waals surface area contributed by atoms with Crippen LogP contribution >= 0.6 is 0 Å². The van der Waals surface area contributed by atoms with E-state index in [0.717, 1.165) is 5.56 Å². The number of carbonyl (C=O) groups is 2. The van der Waals surface area contributed by atoms with Crippen LogP contribution in [0.2, 0.25) is 0 Å². The zero-order valence-corrected chi connectivity index (χ0v) is 19.2. The molecule has 0 aliphatic rings. The van der Waals surface area contributed by atoms with Gasteiger partial charge in [0.25, 0.3) is 5.91 Å². The van der Waals surface area contributed by atoms with Gasteiger partial charge in [0.1, 0.15) is 17.3 Å². The summed E-state index contributed by atoms with van der Waals surface area (Å²) in [6, 6.07) is 12.5. The van der Waals surface area contributed by atoms with E-state index in [9.17, 15) is 14.0 Å². The molecule has 0 atom stereocenters. The number of methoxy groups -OCH3 is 1. The molecule has 176 valence electrons. The molecule has 0 aliphatic heterocycles. The van der Waals surface area contributed by atoms with Crippen LogP contribution < -0.4 is 15.8 Å². The molecule has 0 spiro atoms. The number of amides is 2.